The minimum absolute atomic E-state index is 0.128. The quantitative estimate of drug-likeness (QED) is 0.487. The maximum absolute atomic E-state index is 13.9. The van der Waals surface area contributed by atoms with E-state index in [1.165, 1.54) is 6.07 Å². The molecule has 106 valence electrons. The number of hydrogen-bond donors (Lipinski definition) is 0. The van der Waals surface area contributed by atoms with E-state index < -0.39 is 11.6 Å². The molecule has 0 heterocycles. The number of alkyl halides is 1. The van der Waals surface area contributed by atoms with E-state index in [2.05, 4.69) is 31.9 Å². The summed E-state index contributed by atoms with van der Waals surface area (Å²) in [6, 6.07) is 9.84. The smallest absolute Gasteiger partial charge is 0.137 e. The van der Waals surface area contributed by atoms with Gasteiger partial charge in [0.1, 0.15) is 17.4 Å². The average molecular weight is 406 g/mol. The molecule has 0 aliphatic rings. The van der Waals surface area contributed by atoms with Gasteiger partial charge in [-0.05, 0) is 52.2 Å². The van der Waals surface area contributed by atoms with Crippen LogP contribution in [0.15, 0.2) is 40.9 Å². The molecule has 1 nitrogen and oxygen atoms in total. The molecule has 0 bridgehead atoms. The molecule has 0 spiro atoms. The van der Waals surface area contributed by atoms with Crippen LogP contribution in [0.1, 0.15) is 16.0 Å². The summed E-state index contributed by atoms with van der Waals surface area (Å²) in [6.07, 6.45) is 0.558. The Morgan fingerprint density at radius 3 is 2.35 bits per heavy atom. The van der Waals surface area contributed by atoms with Gasteiger partial charge in [0.05, 0.1) is 11.6 Å². The molecular formula is C15H12Br2F2O. The molecule has 0 aliphatic heterocycles. The molecular weight excluding hydrogens is 394 g/mol. The summed E-state index contributed by atoms with van der Waals surface area (Å²) >= 11 is 6.38. The highest BCUT2D eigenvalue weighted by molar-refractivity contribution is 9.10. The Hall–Kier alpha value is -0.940. The zero-order chi connectivity index (χ0) is 14.7. The standard InChI is InChI=1S/C15H12Br2F2O/c1-20-10-4-2-9(3-5-10)6-12(16)11-7-15(19)13(17)8-14(11)18/h2-5,7-8,12H,6H2,1H3. The normalized spacial score (nSPS) is 12.2. The third kappa shape index (κ3) is 3.58. The molecule has 2 aromatic rings. The fourth-order valence-electron chi connectivity index (χ4n) is 1.86. The van der Waals surface area contributed by atoms with Crippen molar-refractivity contribution >= 4 is 31.9 Å². The van der Waals surface area contributed by atoms with Crippen molar-refractivity contribution < 1.29 is 13.5 Å². The van der Waals surface area contributed by atoms with Crippen molar-refractivity contribution in [3.8, 4) is 5.75 Å². The maximum Gasteiger partial charge on any atom is 0.137 e. The molecule has 0 saturated carbocycles. The molecule has 1 unspecified atom stereocenters. The number of hydrogen-bond acceptors (Lipinski definition) is 1. The van der Waals surface area contributed by atoms with Gasteiger partial charge in [-0.2, -0.15) is 0 Å². The van der Waals surface area contributed by atoms with E-state index in [0.29, 0.717) is 12.0 Å². The van der Waals surface area contributed by atoms with Gasteiger partial charge in [0.25, 0.3) is 0 Å². The summed E-state index contributed by atoms with van der Waals surface area (Å²) in [5, 5.41) is 0. The van der Waals surface area contributed by atoms with Crippen molar-refractivity contribution in [2.75, 3.05) is 7.11 Å². The Balaban J connectivity index is 2.18. The van der Waals surface area contributed by atoms with E-state index in [4.69, 9.17) is 4.74 Å². The summed E-state index contributed by atoms with van der Waals surface area (Å²) in [7, 11) is 1.60. The van der Waals surface area contributed by atoms with Crippen LogP contribution in [0.25, 0.3) is 0 Å². The van der Waals surface area contributed by atoms with Crippen molar-refractivity contribution in [2.24, 2.45) is 0 Å². The van der Waals surface area contributed by atoms with Crippen LogP contribution in [-0.2, 0) is 6.42 Å². The molecule has 0 aliphatic carbocycles. The second kappa shape index (κ2) is 6.68. The lowest BCUT2D eigenvalue weighted by Crippen LogP contribution is -2.00. The van der Waals surface area contributed by atoms with Gasteiger partial charge >= 0.3 is 0 Å². The van der Waals surface area contributed by atoms with Crippen LogP contribution in [0.5, 0.6) is 5.75 Å². The topological polar surface area (TPSA) is 9.23 Å². The summed E-state index contributed by atoms with van der Waals surface area (Å²) < 4.78 is 32.6. The van der Waals surface area contributed by atoms with Crippen LogP contribution in [0.4, 0.5) is 8.78 Å². The van der Waals surface area contributed by atoms with Gasteiger partial charge in [-0.25, -0.2) is 8.78 Å². The van der Waals surface area contributed by atoms with Gasteiger partial charge in [0.2, 0.25) is 0 Å². The van der Waals surface area contributed by atoms with E-state index in [1.807, 2.05) is 24.3 Å². The molecule has 0 amide bonds. The zero-order valence-corrected chi connectivity index (χ0v) is 13.8. The summed E-state index contributed by atoms with van der Waals surface area (Å²) in [5.41, 5.74) is 1.32. The summed E-state index contributed by atoms with van der Waals surface area (Å²) in [4.78, 5) is -0.293. The predicted octanol–water partition coefficient (Wildman–Crippen LogP) is 5.41. The predicted molar refractivity (Wildman–Crippen MR) is 82.4 cm³/mol. The molecule has 5 heteroatoms. The molecule has 0 aromatic heterocycles. The van der Waals surface area contributed by atoms with E-state index in [0.717, 1.165) is 17.4 Å². The number of methoxy groups -OCH3 is 1. The van der Waals surface area contributed by atoms with Crippen LogP contribution in [-0.4, -0.2) is 7.11 Å². The molecule has 0 radical (unpaired) electrons. The lowest BCUT2D eigenvalue weighted by molar-refractivity contribution is 0.414. The van der Waals surface area contributed by atoms with Crippen LogP contribution in [0.2, 0.25) is 0 Å². The van der Waals surface area contributed by atoms with Crippen molar-refractivity contribution in [3.63, 3.8) is 0 Å². The summed E-state index contributed by atoms with van der Waals surface area (Å²) in [5.74, 6) is -0.144. The van der Waals surface area contributed by atoms with Gasteiger partial charge in [0.15, 0.2) is 0 Å². The Labute approximate surface area is 133 Å². The second-order valence-corrected chi connectivity index (χ2v) is 6.27. The lowest BCUT2D eigenvalue weighted by Gasteiger charge is -2.12. The van der Waals surface area contributed by atoms with Crippen LogP contribution in [0, 0.1) is 11.6 Å². The van der Waals surface area contributed by atoms with Crippen molar-refractivity contribution in [1.29, 1.82) is 0 Å². The molecule has 1 atom stereocenters. The molecule has 2 rings (SSSR count). The van der Waals surface area contributed by atoms with Crippen LogP contribution >= 0.6 is 31.9 Å². The van der Waals surface area contributed by atoms with Gasteiger partial charge in [0, 0.05) is 10.4 Å². The number of benzene rings is 2. The van der Waals surface area contributed by atoms with E-state index in [-0.39, 0.29) is 9.30 Å². The first-order valence-corrected chi connectivity index (χ1v) is 7.63. The molecule has 20 heavy (non-hydrogen) atoms. The maximum atomic E-state index is 13.9. The Morgan fingerprint density at radius 1 is 1.10 bits per heavy atom. The van der Waals surface area contributed by atoms with Crippen molar-refractivity contribution in [1.82, 2.24) is 0 Å². The van der Waals surface area contributed by atoms with Crippen LogP contribution < -0.4 is 4.74 Å². The molecule has 0 saturated heterocycles. The highest BCUT2D eigenvalue weighted by Crippen LogP contribution is 2.32. The highest BCUT2D eigenvalue weighted by atomic mass is 79.9. The van der Waals surface area contributed by atoms with Gasteiger partial charge in [-0.15, -0.1) is 0 Å². The van der Waals surface area contributed by atoms with E-state index in [1.54, 1.807) is 7.11 Å². The molecule has 0 fully saturated rings. The fourth-order valence-corrected chi connectivity index (χ4v) is 2.90. The first kappa shape index (κ1) is 15.4. The van der Waals surface area contributed by atoms with E-state index >= 15 is 0 Å². The summed E-state index contributed by atoms with van der Waals surface area (Å²) in [6.45, 7) is 0. The largest absolute Gasteiger partial charge is 0.497 e. The molecule has 2 aromatic carbocycles. The van der Waals surface area contributed by atoms with E-state index in [9.17, 15) is 8.78 Å². The van der Waals surface area contributed by atoms with Crippen molar-refractivity contribution in [2.45, 2.75) is 11.2 Å². The first-order chi connectivity index (χ1) is 9.51. The SMILES string of the molecule is COc1ccc(CC(Br)c2cc(F)c(Br)cc2F)cc1. The minimum Gasteiger partial charge on any atom is -0.497 e. The second-order valence-electron chi connectivity index (χ2n) is 4.31. The third-order valence-electron chi connectivity index (χ3n) is 2.95. The Kier molecular flexibility index (Phi) is 5.16. The van der Waals surface area contributed by atoms with Gasteiger partial charge in [-0.1, -0.05) is 28.1 Å². The van der Waals surface area contributed by atoms with Gasteiger partial charge in [-0.3, -0.25) is 0 Å². The Morgan fingerprint density at radius 2 is 1.75 bits per heavy atom. The third-order valence-corrected chi connectivity index (χ3v) is 4.38. The monoisotopic (exact) mass is 404 g/mol. The number of halogens is 4. The minimum atomic E-state index is -0.472. The van der Waals surface area contributed by atoms with Gasteiger partial charge < -0.3 is 4.74 Å². The molecule has 0 N–H and O–H groups in total. The highest BCUT2D eigenvalue weighted by Gasteiger charge is 2.16. The fraction of sp³-hybridized carbons (Fsp3) is 0.200. The van der Waals surface area contributed by atoms with Crippen molar-refractivity contribution in [3.05, 3.63) is 63.6 Å². The van der Waals surface area contributed by atoms with Crippen LogP contribution in [0.3, 0.4) is 0 Å². The average Bonchev–Trinajstić information content (AvgIpc) is 2.43. The zero-order valence-electron chi connectivity index (χ0n) is 10.7. The lowest BCUT2D eigenvalue weighted by atomic mass is 10.0. The number of rotatable bonds is 4. The Bertz CT molecular complexity index is 600. The number of ether oxygens (including phenoxy) is 1. The first-order valence-electron chi connectivity index (χ1n) is 5.92.